The highest BCUT2D eigenvalue weighted by molar-refractivity contribution is 6.31. The zero-order chi connectivity index (χ0) is 13.6. The van der Waals surface area contributed by atoms with Crippen LogP contribution in [0.15, 0.2) is 18.2 Å². The van der Waals surface area contributed by atoms with Gasteiger partial charge in [-0.2, -0.15) is 0 Å². The fourth-order valence-corrected chi connectivity index (χ4v) is 1.75. The molecule has 0 amide bonds. The summed E-state index contributed by atoms with van der Waals surface area (Å²) in [5.41, 5.74) is 0.850. The summed E-state index contributed by atoms with van der Waals surface area (Å²) in [6.07, 6.45) is 0. The maximum absolute atomic E-state index is 6.14. The highest BCUT2D eigenvalue weighted by atomic mass is 35.5. The minimum Gasteiger partial charge on any atom is -0.491 e. The van der Waals surface area contributed by atoms with Crippen LogP contribution in [0.25, 0.3) is 0 Å². The van der Waals surface area contributed by atoms with Crippen molar-refractivity contribution in [3.05, 3.63) is 28.8 Å². The van der Waals surface area contributed by atoms with E-state index in [0.717, 1.165) is 16.3 Å². The zero-order valence-electron chi connectivity index (χ0n) is 11.5. The van der Waals surface area contributed by atoms with Crippen LogP contribution in [-0.4, -0.2) is 25.9 Å². The second-order valence-electron chi connectivity index (χ2n) is 5.06. The monoisotopic (exact) mass is 271 g/mol. The molecule has 0 aliphatic rings. The summed E-state index contributed by atoms with van der Waals surface area (Å²) in [6, 6.07) is 5.68. The maximum Gasteiger partial charge on any atom is 0.125 e. The third kappa shape index (κ3) is 5.25. The lowest BCUT2D eigenvalue weighted by molar-refractivity contribution is -0.0164. The number of hydrogen-bond acceptors (Lipinski definition) is 3. The summed E-state index contributed by atoms with van der Waals surface area (Å²) in [6.45, 7) is 7.86. The normalized spacial score (nSPS) is 11.6. The van der Waals surface area contributed by atoms with Crippen LogP contribution in [0.4, 0.5) is 0 Å². The van der Waals surface area contributed by atoms with E-state index in [0.29, 0.717) is 19.8 Å². The first kappa shape index (κ1) is 15.3. The average Bonchev–Trinajstić information content (AvgIpc) is 2.27. The van der Waals surface area contributed by atoms with E-state index >= 15 is 0 Å². The lowest BCUT2D eigenvalue weighted by atomic mass is 10.2. The molecule has 0 unspecified atom stereocenters. The number of benzene rings is 1. The Morgan fingerprint density at radius 3 is 2.56 bits per heavy atom. The minimum atomic E-state index is -0.133. The Balaban J connectivity index is 2.54. The molecular weight excluding hydrogens is 250 g/mol. The van der Waals surface area contributed by atoms with Gasteiger partial charge in [-0.3, -0.25) is 0 Å². The molecule has 0 aromatic heterocycles. The first-order valence-electron chi connectivity index (χ1n) is 6.13. The predicted octanol–water partition coefficient (Wildman–Crippen LogP) is 3.25. The Hall–Kier alpha value is -0.770. The van der Waals surface area contributed by atoms with Gasteiger partial charge >= 0.3 is 0 Å². The molecule has 0 fully saturated rings. The van der Waals surface area contributed by atoms with Gasteiger partial charge in [0.05, 0.1) is 12.2 Å². The Morgan fingerprint density at radius 2 is 1.94 bits per heavy atom. The zero-order valence-corrected chi connectivity index (χ0v) is 12.3. The first-order chi connectivity index (χ1) is 8.44. The van der Waals surface area contributed by atoms with Crippen LogP contribution in [0.5, 0.6) is 5.75 Å². The lowest BCUT2D eigenvalue weighted by Crippen LogP contribution is -2.22. The van der Waals surface area contributed by atoms with Crippen molar-refractivity contribution in [1.29, 1.82) is 0 Å². The van der Waals surface area contributed by atoms with E-state index in [1.54, 1.807) is 0 Å². The van der Waals surface area contributed by atoms with Crippen molar-refractivity contribution in [2.45, 2.75) is 32.9 Å². The summed E-state index contributed by atoms with van der Waals surface area (Å²) in [7, 11) is 1.88. The summed E-state index contributed by atoms with van der Waals surface area (Å²) < 4.78 is 11.3. The maximum atomic E-state index is 6.14. The van der Waals surface area contributed by atoms with Crippen LogP contribution in [-0.2, 0) is 11.3 Å². The van der Waals surface area contributed by atoms with Gasteiger partial charge in [0.25, 0.3) is 0 Å². The molecule has 0 bridgehead atoms. The number of ether oxygens (including phenoxy) is 2. The van der Waals surface area contributed by atoms with Crippen LogP contribution in [0.3, 0.4) is 0 Å². The van der Waals surface area contributed by atoms with Crippen LogP contribution in [0, 0.1) is 0 Å². The molecule has 102 valence electrons. The van der Waals surface area contributed by atoms with Gasteiger partial charge in [-0.05, 0) is 40.0 Å². The molecule has 18 heavy (non-hydrogen) atoms. The number of nitrogens with one attached hydrogen (secondary N) is 1. The molecule has 3 nitrogen and oxygen atoms in total. The smallest absolute Gasteiger partial charge is 0.125 e. The second-order valence-corrected chi connectivity index (χ2v) is 5.46. The van der Waals surface area contributed by atoms with Crippen molar-refractivity contribution in [3.63, 3.8) is 0 Å². The molecule has 4 heteroatoms. The van der Waals surface area contributed by atoms with Crippen molar-refractivity contribution in [2.24, 2.45) is 0 Å². The molecule has 0 aliphatic carbocycles. The molecule has 0 heterocycles. The topological polar surface area (TPSA) is 30.5 Å². The van der Waals surface area contributed by atoms with Crippen molar-refractivity contribution in [1.82, 2.24) is 5.32 Å². The van der Waals surface area contributed by atoms with Crippen molar-refractivity contribution in [3.8, 4) is 5.75 Å². The molecule has 0 aliphatic heterocycles. The van der Waals surface area contributed by atoms with Crippen LogP contribution < -0.4 is 10.1 Å². The Morgan fingerprint density at radius 1 is 1.22 bits per heavy atom. The van der Waals surface area contributed by atoms with Gasteiger partial charge in [0, 0.05) is 17.1 Å². The molecule has 0 radical (unpaired) electrons. The molecular formula is C14H22ClNO2. The van der Waals surface area contributed by atoms with E-state index in [1.807, 2.05) is 46.0 Å². The van der Waals surface area contributed by atoms with Crippen LogP contribution >= 0.6 is 11.6 Å². The van der Waals surface area contributed by atoms with E-state index in [-0.39, 0.29) is 5.60 Å². The summed E-state index contributed by atoms with van der Waals surface area (Å²) in [4.78, 5) is 0. The fraction of sp³-hybridized carbons (Fsp3) is 0.571. The summed E-state index contributed by atoms with van der Waals surface area (Å²) in [5, 5.41) is 3.81. The third-order valence-corrected chi connectivity index (χ3v) is 2.66. The number of hydrogen-bond donors (Lipinski definition) is 1. The SMILES string of the molecule is CNCc1c(Cl)cccc1OCCOC(C)(C)C. The van der Waals surface area contributed by atoms with E-state index in [1.165, 1.54) is 0 Å². The van der Waals surface area contributed by atoms with E-state index in [9.17, 15) is 0 Å². The molecule has 0 saturated heterocycles. The van der Waals surface area contributed by atoms with Gasteiger partial charge in [0.1, 0.15) is 12.4 Å². The van der Waals surface area contributed by atoms with Crippen molar-refractivity contribution < 1.29 is 9.47 Å². The van der Waals surface area contributed by atoms with Gasteiger partial charge in [0.2, 0.25) is 0 Å². The number of halogens is 1. The van der Waals surface area contributed by atoms with E-state index in [2.05, 4.69) is 5.32 Å². The fourth-order valence-electron chi connectivity index (χ4n) is 1.52. The lowest BCUT2D eigenvalue weighted by Gasteiger charge is -2.20. The van der Waals surface area contributed by atoms with Gasteiger partial charge in [-0.15, -0.1) is 0 Å². The van der Waals surface area contributed by atoms with E-state index in [4.69, 9.17) is 21.1 Å². The average molecular weight is 272 g/mol. The standard InChI is InChI=1S/C14H22ClNO2/c1-14(2,3)18-9-8-17-13-7-5-6-12(15)11(13)10-16-4/h5-7,16H,8-10H2,1-4H3. The molecule has 0 atom stereocenters. The molecule has 1 aromatic carbocycles. The van der Waals surface area contributed by atoms with Gasteiger partial charge in [-0.1, -0.05) is 17.7 Å². The van der Waals surface area contributed by atoms with Crippen molar-refractivity contribution >= 4 is 11.6 Å². The Kier molecular flexibility index (Phi) is 5.93. The number of rotatable bonds is 6. The Bertz CT molecular complexity index is 375. The molecule has 1 N–H and O–H groups in total. The van der Waals surface area contributed by atoms with E-state index < -0.39 is 0 Å². The quantitative estimate of drug-likeness (QED) is 0.806. The summed E-state index contributed by atoms with van der Waals surface area (Å²) in [5.74, 6) is 0.814. The van der Waals surface area contributed by atoms with Crippen LogP contribution in [0.1, 0.15) is 26.3 Å². The third-order valence-electron chi connectivity index (χ3n) is 2.31. The van der Waals surface area contributed by atoms with Crippen molar-refractivity contribution in [2.75, 3.05) is 20.3 Å². The molecule has 0 spiro atoms. The predicted molar refractivity (Wildman–Crippen MR) is 75.4 cm³/mol. The van der Waals surface area contributed by atoms with Crippen LogP contribution in [0.2, 0.25) is 5.02 Å². The minimum absolute atomic E-state index is 0.133. The summed E-state index contributed by atoms with van der Waals surface area (Å²) >= 11 is 6.14. The molecule has 1 aromatic rings. The molecule has 0 saturated carbocycles. The van der Waals surface area contributed by atoms with Gasteiger partial charge in [0.15, 0.2) is 0 Å². The first-order valence-corrected chi connectivity index (χ1v) is 6.50. The Labute approximate surface area is 114 Å². The van der Waals surface area contributed by atoms with Gasteiger partial charge < -0.3 is 14.8 Å². The van der Waals surface area contributed by atoms with Gasteiger partial charge in [-0.25, -0.2) is 0 Å². The highest BCUT2D eigenvalue weighted by Gasteiger charge is 2.10. The largest absolute Gasteiger partial charge is 0.491 e. The molecule has 1 rings (SSSR count). The second kappa shape index (κ2) is 6.98. The highest BCUT2D eigenvalue weighted by Crippen LogP contribution is 2.26.